The second-order valence-electron chi connectivity index (χ2n) is 5.29. The molecule has 22 heavy (non-hydrogen) atoms. The summed E-state index contributed by atoms with van der Waals surface area (Å²) in [4.78, 5) is 24.7. The van der Waals surface area contributed by atoms with E-state index in [0.717, 1.165) is 16.9 Å². The summed E-state index contributed by atoms with van der Waals surface area (Å²) < 4.78 is 0. The van der Waals surface area contributed by atoms with E-state index in [9.17, 15) is 20.0 Å². The molecule has 0 saturated heterocycles. The molecule has 2 atom stereocenters. The maximum atomic E-state index is 12.4. The number of nitrogens with one attached hydrogen (secondary N) is 1. The number of aliphatic carboxylic acids is 1. The average Bonchev–Trinajstić information content (AvgIpc) is 2.81. The monoisotopic (exact) mass is 318 g/mol. The van der Waals surface area contributed by atoms with Gasteiger partial charge < -0.3 is 10.4 Å². The van der Waals surface area contributed by atoms with Gasteiger partial charge in [0.05, 0.1) is 17.4 Å². The highest BCUT2D eigenvalue weighted by Gasteiger charge is 2.34. The van der Waals surface area contributed by atoms with Crippen LogP contribution in [0.1, 0.15) is 35.8 Å². The van der Waals surface area contributed by atoms with Crippen molar-refractivity contribution in [2.45, 2.75) is 33.1 Å². The van der Waals surface area contributed by atoms with Gasteiger partial charge in [-0.25, -0.2) is 0 Å². The lowest BCUT2D eigenvalue weighted by Gasteiger charge is -2.23. The van der Waals surface area contributed by atoms with E-state index in [2.05, 4.69) is 11.4 Å². The zero-order chi connectivity index (χ0) is 16.3. The van der Waals surface area contributed by atoms with Crippen molar-refractivity contribution in [1.29, 1.82) is 5.26 Å². The zero-order valence-electron chi connectivity index (χ0n) is 12.5. The molecule has 116 valence electrons. The minimum atomic E-state index is -0.957. The first-order valence-electron chi connectivity index (χ1n) is 7.20. The Balaban J connectivity index is 2.24. The standard InChI is InChI=1S/C16H18N2O3S/c1-3-10-9(2)22-15(13(10)8-17)18-14(19)11-6-4-5-7-12(11)16(20)21/h4-5,11-12H,3,6-7H2,1-2H3,(H,18,19)(H,20,21). The normalized spacial score (nSPS) is 20.4. The van der Waals surface area contributed by atoms with Gasteiger partial charge in [0.25, 0.3) is 0 Å². The summed E-state index contributed by atoms with van der Waals surface area (Å²) in [5.41, 5.74) is 1.44. The number of amides is 1. The number of nitrogens with zero attached hydrogens (tertiary/aromatic N) is 1. The van der Waals surface area contributed by atoms with Crippen molar-refractivity contribution >= 4 is 28.2 Å². The molecule has 1 aromatic rings. The molecule has 0 aromatic carbocycles. The van der Waals surface area contributed by atoms with Crippen LogP contribution in [0.15, 0.2) is 12.2 Å². The SMILES string of the molecule is CCc1c(C)sc(NC(=O)C2CC=CCC2C(=O)O)c1C#N. The van der Waals surface area contributed by atoms with Gasteiger partial charge in [0.1, 0.15) is 11.1 Å². The fraction of sp³-hybridized carbons (Fsp3) is 0.438. The van der Waals surface area contributed by atoms with Crippen LogP contribution in [0.4, 0.5) is 5.00 Å². The first-order valence-corrected chi connectivity index (χ1v) is 8.02. The van der Waals surface area contributed by atoms with Crippen LogP contribution in [-0.2, 0) is 16.0 Å². The number of hydrogen-bond acceptors (Lipinski definition) is 4. The molecule has 1 heterocycles. The predicted octanol–water partition coefficient (Wildman–Crippen LogP) is 3.10. The highest BCUT2D eigenvalue weighted by atomic mass is 32.1. The summed E-state index contributed by atoms with van der Waals surface area (Å²) in [5, 5.41) is 21.9. The van der Waals surface area contributed by atoms with Crippen molar-refractivity contribution in [3.05, 3.63) is 28.2 Å². The quantitative estimate of drug-likeness (QED) is 0.835. The lowest BCUT2D eigenvalue weighted by atomic mass is 9.82. The third kappa shape index (κ3) is 3.04. The number of nitriles is 1. The van der Waals surface area contributed by atoms with E-state index in [1.165, 1.54) is 11.3 Å². The van der Waals surface area contributed by atoms with Crippen molar-refractivity contribution in [2.24, 2.45) is 11.8 Å². The summed E-state index contributed by atoms with van der Waals surface area (Å²) in [7, 11) is 0. The van der Waals surface area contributed by atoms with Crippen LogP contribution in [0.5, 0.6) is 0 Å². The van der Waals surface area contributed by atoms with Crippen LogP contribution in [0, 0.1) is 30.1 Å². The molecule has 5 nitrogen and oxygen atoms in total. The van der Waals surface area contributed by atoms with Gasteiger partial charge in [-0.1, -0.05) is 19.1 Å². The van der Waals surface area contributed by atoms with Gasteiger partial charge in [-0.2, -0.15) is 5.26 Å². The second-order valence-corrected chi connectivity index (χ2v) is 6.51. The summed E-state index contributed by atoms with van der Waals surface area (Å²) in [5.74, 6) is -2.58. The molecular weight excluding hydrogens is 300 g/mol. The van der Waals surface area contributed by atoms with Crippen LogP contribution < -0.4 is 5.32 Å². The number of anilines is 1. The summed E-state index contributed by atoms with van der Waals surface area (Å²) in [6.45, 7) is 3.89. The molecule has 0 radical (unpaired) electrons. The van der Waals surface area contributed by atoms with Crippen LogP contribution in [0.2, 0.25) is 0 Å². The van der Waals surface area contributed by atoms with E-state index in [-0.39, 0.29) is 5.91 Å². The van der Waals surface area contributed by atoms with E-state index in [1.54, 1.807) is 6.08 Å². The Kier molecular flexibility index (Phi) is 4.99. The second kappa shape index (κ2) is 6.75. The number of carboxylic acids is 1. The largest absolute Gasteiger partial charge is 0.481 e. The van der Waals surface area contributed by atoms with Crippen molar-refractivity contribution < 1.29 is 14.7 Å². The molecule has 1 aromatic heterocycles. The van der Waals surface area contributed by atoms with Gasteiger partial charge in [0.15, 0.2) is 0 Å². The molecular formula is C16H18N2O3S. The van der Waals surface area contributed by atoms with E-state index in [0.29, 0.717) is 23.4 Å². The topological polar surface area (TPSA) is 90.2 Å². The van der Waals surface area contributed by atoms with Gasteiger partial charge >= 0.3 is 5.97 Å². The first-order chi connectivity index (χ1) is 10.5. The van der Waals surface area contributed by atoms with E-state index in [1.807, 2.05) is 19.9 Å². The molecule has 1 amide bonds. The van der Waals surface area contributed by atoms with Crippen molar-refractivity contribution in [1.82, 2.24) is 0 Å². The smallest absolute Gasteiger partial charge is 0.307 e. The van der Waals surface area contributed by atoms with Gasteiger partial charge in [-0.05, 0) is 31.7 Å². The molecule has 2 rings (SSSR count). The number of rotatable bonds is 4. The number of allylic oxidation sites excluding steroid dienone is 2. The predicted molar refractivity (Wildman–Crippen MR) is 84.8 cm³/mol. The van der Waals surface area contributed by atoms with Crippen molar-refractivity contribution in [3.8, 4) is 6.07 Å². The molecule has 1 aliphatic carbocycles. The summed E-state index contributed by atoms with van der Waals surface area (Å²) >= 11 is 1.37. The Morgan fingerprint density at radius 1 is 1.41 bits per heavy atom. The fourth-order valence-electron chi connectivity index (χ4n) is 2.79. The number of carbonyl (C=O) groups excluding carboxylic acids is 1. The molecule has 2 N–H and O–H groups in total. The van der Waals surface area contributed by atoms with E-state index in [4.69, 9.17) is 0 Å². The molecule has 0 bridgehead atoms. The molecule has 0 saturated carbocycles. The van der Waals surface area contributed by atoms with Crippen LogP contribution in [0.25, 0.3) is 0 Å². The van der Waals surface area contributed by atoms with Gasteiger partial charge in [0, 0.05) is 4.88 Å². The van der Waals surface area contributed by atoms with Gasteiger partial charge in [-0.15, -0.1) is 11.3 Å². The molecule has 6 heteroatoms. The fourth-order valence-corrected chi connectivity index (χ4v) is 3.89. The number of aryl methyl sites for hydroxylation is 1. The van der Waals surface area contributed by atoms with Gasteiger partial charge in [0.2, 0.25) is 5.91 Å². The number of hydrogen-bond donors (Lipinski definition) is 2. The first kappa shape index (κ1) is 16.2. The molecule has 0 aliphatic heterocycles. The average molecular weight is 318 g/mol. The Bertz CT molecular complexity index is 670. The lowest BCUT2D eigenvalue weighted by molar-refractivity contribution is -0.146. The molecule has 2 unspecified atom stereocenters. The maximum absolute atomic E-state index is 12.4. The van der Waals surface area contributed by atoms with Gasteiger partial charge in [-0.3, -0.25) is 9.59 Å². The summed E-state index contributed by atoms with van der Waals surface area (Å²) in [6, 6.07) is 2.14. The molecule has 0 fully saturated rings. The van der Waals surface area contributed by atoms with E-state index < -0.39 is 17.8 Å². The van der Waals surface area contributed by atoms with E-state index >= 15 is 0 Å². The number of carboxylic acid groups (broad SMARTS) is 1. The van der Waals surface area contributed by atoms with Crippen LogP contribution in [-0.4, -0.2) is 17.0 Å². The van der Waals surface area contributed by atoms with Crippen molar-refractivity contribution in [2.75, 3.05) is 5.32 Å². The van der Waals surface area contributed by atoms with Crippen molar-refractivity contribution in [3.63, 3.8) is 0 Å². The molecule has 1 aliphatic rings. The number of thiophene rings is 1. The highest BCUT2D eigenvalue weighted by Crippen LogP contribution is 2.34. The third-order valence-corrected chi connectivity index (χ3v) is 5.06. The lowest BCUT2D eigenvalue weighted by Crippen LogP contribution is -2.34. The Hall–Kier alpha value is -2.13. The highest BCUT2D eigenvalue weighted by molar-refractivity contribution is 7.16. The Morgan fingerprint density at radius 3 is 2.59 bits per heavy atom. The maximum Gasteiger partial charge on any atom is 0.307 e. The molecule has 0 spiro atoms. The number of carbonyl (C=O) groups is 2. The minimum Gasteiger partial charge on any atom is -0.481 e. The Labute approximate surface area is 133 Å². The van der Waals surface area contributed by atoms with Crippen LogP contribution in [0.3, 0.4) is 0 Å². The summed E-state index contributed by atoms with van der Waals surface area (Å²) in [6.07, 6.45) is 5.14. The minimum absolute atomic E-state index is 0.322. The zero-order valence-corrected chi connectivity index (χ0v) is 13.4. The van der Waals surface area contributed by atoms with Crippen LogP contribution >= 0.6 is 11.3 Å². The third-order valence-electron chi connectivity index (χ3n) is 4.00. The Morgan fingerprint density at radius 2 is 2.05 bits per heavy atom.